The van der Waals surface area contributed by atoms with Crippen LogP contribution in [0.15, 0.2) is 29.1 Å². The fourth-order valence-electron chi connectivity index (χ4n) is 4.51. The topological polar surface area (TPSA) is 99.7 Å². The summed E-state index contributed by atoms with van der Waals surface area (Å²) < 4.78 is 1.68. The van der Waals surface area contributed by atoms with Gasteiger partial charge in [-0.1, -0.05) is 18.2 Å². The van der Waals surface area contributed by atoms with Crippen LogP contribution < -0.4 is 5.69 Å². The van der Waals surface area contributed by atoms with Gasteiger partial charge < -0.3 is 4.90 Å². The van der Waals surface area contributed by atoms with E-state index in [-0.39, 0.29) is 11.6 Å². The number of aromatic amines is 2. The summed E-state index contributed by atoms with van der Waals surface area (Å²) in [5.74, 6) is 1.37. The molecule has 2 N–H and O–H groups in total. The van der Waals surface area contributed by atoms with Crippen molar-refractivity contribution in [2.75, 3.05) is 13.1 Å². The molecule has 1 aliphatic heterocycles. The molecule has 31 heavy (non-hydrogen) atoms. The first kappa shape index (κ1) is 21.1. The van der Waals surface area contributed by atoms with Crippen molar-refractivity contribution >= 4 is 5.91 Å². The number of hydrogen-bond acceptors (Lipinski definition) is 4. The minimum absolute atomic E-state index is 0.204. The molecule has 3 aromatic rings. The average Bonchev–Trinajstić information content (AvgIpc) is 3.28. The molecule has 1 saturated heterocycles. The number of nitrogens with one attached hydrogen (secondary N) is 2. The fourth-order valence-corrected chi connectivity index (χ4v) is 4.51. The van der Waals surface area contributed by atoms with Crippen LogP contribution in [0.1, 0.15) is 47.6 Å². The summed E-state index contributed by atoms with van der Waals surface area (Å²) in [6.45, 7) is 7.48. The molecule has 0 unspecified atom stereocenters. The Kier molecular flexibility index (Phi) is 6.06. The Morgan fingerprint density at radius 1 is 1.10 bits per heavy atom. The van der Waals surface area contributed by atoms with E-state index in [1.807, 2.05) is 49.9 Å². The van der Waals surface area contributed by atoms with E-state index in [0.29, 0.717) is 12.3 Å². The van der Waals surface area contributed by atoms with E-state index < -0.39 is 0 Å². The number of likely N-dealkylation sites (tertiary alicyclic amines) is 1. The SMILES string of the molecule is Cc1ccccc1-n1c(CC2CCN(C(=O)CCc3c(C)n[nH]c3C)CC2)n[nH]c1=O. The maximum Gasteiger partial charge on any atom is 0.347 e. The summed E-state index contributed by atoms with van der Waals surface area (Å²) in [6, 6.07) is 7.84. The molecule has 0 aliphatic carbocycles. The summed E-state index contributed by atoms with van der Waals surface area (Å²) >= 11 is 0. The molecule has 1 aromatic carbocycles. The Hall–Kier alpha value is -3.16. The number of aromatic nitrogens is 5. The highest BCUT2D eigenvalue weighted by molar-refractivity contribution is 5.76. The predicted molar refractivity (Wildman–Crippen MR) is 118 cm³/mol. The molecule has 3 heterocycles. The van der Waals surface area contributed by atoms with E-state index in [1.54, 1.807) is 4.57 Å². The summed E-state index contributed by atoms with van der Waals surface area (Å²) in [5, 5.41) is 14.1. The molecule has 0 bridgehead atoms. The highest BCUT2D eigenvalue weighted by Crippen LogP contribution is 2.23. The number of benzene rings is 1. The van der Waals surface area contributed by atoms with E-state index in [1.165, 1.54) is 0 Å². The van der Waals surface area contributed by atoms with Crippen molar-refractivity contribution in [1.82, 2.24) is 29.9 Å². The smallest absolute Gasteiger partial charge is 0.343 e. The summed E-state index contributed by atoms with van der Waals surface area (Å²) in [4.78, 5) is 27.0. The highest BCUT2D eigenvalue weighted by Gasteiger charge is 2.25. The minimum Gasteiger partial charge on any atom is -0.343 e. The second-order valence-corrected chi connectivity index (χ2v) is 8.51. The summed E-state index contributed by atoms with van der Waals surface area (Å²) in [7, 11) is 0. The van der Waals surface area contributed by atoms with E-state index in [2.05, 4.69) is 20.4 Å². The number of piperidine rings is 1. The Morgan fingerprint density at radius 3 is 2.52 bits per heavy atom. The van der Waals surface area contributed by atoms with Crippen molar-refractivity contribution in [2.45, 2.75) is 52.9 Å². The number of aryl methyl sites for hydroxylation is 3. The van der Waals surface area contributed by atoms with E-state index in [0.717, 1.165) is 72.8 Å². The first-order valence-electron chi connectivity index (χ1n) is 10.9. The molecule has 8 nitrogen and oxygen atoms in total. The third-order valence-electron chi connectivity index (χ3n) is 6.41. The largest absolute Gasteiger partial charge is 0.347 e. The molecule has 0 saturated carbocycles. The lowest BCUT2D eigenvalue weighted by atomic mass is 9.92. The van der Waals surface area contributed by atoms with Gasteiger partial charge in [0, 0.05) is 31.6 Å². The van der Waals surface area contributed by atoms with Crippen LogP contribution >= 0.6 is 0 Å². The van der Waals surface area contributed by atoms with E-state index in [4.69, 9.17) is 0 Å². The van der Waals surface area contributed by atoms with Crippen LogP contribution in [0.3, 0.4) is 0 Å². The standard InChI is InChI=1S/C23H30N6O2/c1-15-6-4-5-7-20(15)29-21(26-27-23(29)31)14-18-10-12-28(13-11-18)22(30)9-8-19-16(2)24-25-17(19)3/h4-7,18H,8-14H2,1-3H3,(H,24,25)(H,27,31). The minimum atomic E-state index is -0.207. The van der Waals surface area contributed by atoms with Crippen LogP contribution in [0.4, 0.5) is 0 Å². The second kappa shape index (κ2) is 8.91. The first-order chi connectivity index (χ1) is 14.9. The molecule has 4 rings (SSSR count). The molecular weight excluding hydrogens is 392 g/mol. The van der Waals surface area contributed by atoms with Gasteiger partial charge in [-0.3, -0.25) is 9.89 Å². The molecular formula is C23H30N6O2. The van der Waals surface area contributed by atoms with E-state index in [9.17, 15) is 9.59 Å². The summed E-state index contributed by atoms with van der Waals surface area (Å²) in [6.07, 6.45) is 3.80. The maximum atomic E-state index is 12.7. The molecule has 1 fully saturated rings. The van der Waals surface area contributed by atoms with Gasteiger partial charge in [0.2, 0.25) is 5.91 Å². The molecule has 2 aromatic heterocycles. The number of amides is 1. The highest BCUT2D eigenvalue weighted by atomic mass is 16.2. The van der Waals surface area contributed by atoms with Crippen LogP contribution in [0, 0.1) is 26.7 Å². The third kappa shape index (κ3) is 4.47. The molecule has 0 spiro atoms. The van der Waals surface area contributed by atoms with Crippen LogP contribution in [-0.2, 0) is 17.6 Å². The number of H-pyrrole nitrogens is 2. The first-order valence-corrected chi connectivity index (χ1v) is 10.9. The van der Waals surface area contributed by atoms with Crippen LogP contribution in [0.2, 0.25) is 0 Å². The van der Waals surface area contributed by atoms with Gasteiger partial charge in [-0.2, -0.15) is 10.2 Å². The van der Waals surface area contributed by atoms with E-state index >= 15 is 0 Å². The Morgan fingerprint density at radius 2 is 1.84 bits per heavy atom. The number of para-hydroxylation sites is 1. The van der Waals surface area contributed by atoms with Gasteiger partial charge in [0.25, 0.3) is 0 Å². The zero-order valence-electron chi connectivity index (χ0n) is 18.4. The zero-order chi connectivity index (χ0) is 22.0. The van der Waals surface area contributed by atoms with Gasteiger partial charge >= 0.3 is 5.69 Å². The molecule has 0 atom stereocenters. The maximum absolute atomic E-state index is 12.7. The van der Waals surface area contributed by atoms with Crippen LogP contribution in [0.25, 0.3) is 5.69 Å². The second-order valence-electron chi connectivity index (χ2n) is 8.51. The molecule has 0 radical (unpaired) electrons. The van der Waals surface area contributed by atoms with Gasteiger partial charge in [-0.05, 0) is 63.1 Å². The van der Waals surface area contributed by atoms with Crippen molar-refractivity contribution in [3.63, 3.8) is 0 Å². The number of nitrogens with zero attached hydrogens (tertiary/aromatic N) is 4. The van der Waals surface area contributed by atoms with Gasteiger partial charge in [-0.15, -0.1) is 0 Å². The quantitative estimate of drug-likeness (QED) is 0.638. The Balaban J connectivity index is 1.35. The van der Waals surface area contributed by atoms with Crippen molar-refractivity contribution in [3.8, 4) is 5.69 Å². The van der Waals surface area contributed by atoms with Gasteiger partial charge in [0.15, 0.2) is 0 Å². The Bertz CT molecular complexity index is 1100. The zero-order valence-corrected chi connectivity index (χ0v) is 18.4. The molecule has 1 amide bonds. The lowest BCUT2D eigenvalue weighted by Crippen LogP contribution is -2.39. The normalized spacial score (nSPS) is 14.9. The molecule has 164 valence electrons. The number of hydrogen-bond donors (Lipinski definition) is 2. The third-order valence-corrected chi connectivity index (χ3v) is 6.41. The number of rotatable bonds is 6. The van der Waals surface area contributed by atoms with Crippen molar-refractivity contribution < 1.29 is 4.79 Å². The number of carbonyl (C=O) groups is 1. The van der Waals surface area contributed by atoms with Crippen LogP contribution in [-0.4, -0.2) is 48.9 Å². The molecule has 8 heteroatoms. The predicted octanol–water partition coefficient (Wildman–Crippen LogP) is 2.62. The Labute approximate surface area is 181 Å². The lowest BCUT2D eigenvalue weighted by molar-refractivity contribution is -0.132. The number of carbonyl (C=O) groups excluding carboxylic acids is 1. The average molecular weight is 423 g/mol. The van der Waals surface area contributed by atoms with Gasteiger partial charge in [0.1, 0.15) is 5.82 Å². The molecule has 1 aliphatic rings. The monoisotopic (exact) mass is 422 g/mol. The fraction of sp³-hybridized carbons (Fsp3) is 0.478. The van der Waals surface area contributed by atoms with Gasteiger partial charge in [0.05, 0.1) is 11.4 Å². The van der Waals surface area contributed by atoms with Crippen molar-refractivity contribution in [1.29, 1.82) is 0 Å². The summed E-state index contributed by atoms with van der Waals surface area (Å²) in [5.41, 5.74) is 4.87. The van der Waals surface area contributed by atoms with Crippen molar-refractivity contribution in [2.24, 2.45) is 5.92 Å². The lowest BCUT2D eigenvalue weighted by Gasteiger charge is -2.32. The van der Waals surface area contributed by atoms with Gasteiger partial charge in [-0.25, -0.2) is 14.5 Å². The van der Waals surface area contributed by atoms with Crippen molar-refractivity contribution in [3.05, 3.63) is 63.1 Å². The van der Waals surface area contributed by atoms with Crippen LogP contribution in [0.5, 0.6) is 0 Å².